The van der Waals surface area contributed by atoms with Crippen molar-refractivity contribution in [3.8, 4) is 0 Å². The Kier molecular flexibility index (Phi) is 3.61. The fourth-order valence-corrected chi connectivity index (χ4v) is 0.907. The largest absolute Gasteiger partial charge is 0.550 e. The monoisotopic (exact) mass is 213 g/mol. The van der Waals surface area contributed by atoms with Crippen molar-refractivity contribution in [3.05, 3.63) is 20.8 Å². The van der Waals surface area contributed by atoms with Crippen LogP contribution in [-0.4, -0.2) is 27.7 Å². The van der Waals surface area contributed by atoms with Crippen LogP contribution in [0, 0.1) is 0 Å². The van der Waals surface area contributed by atoms with Crippen LogP contribution in [0.4, 0.5) is 5.82 Å². The van der Waals surface area contributed by atoms with Gasteiger partial charge in [0.25, 0.3) is 5.56 Å². The van der Waals surface area contributed by atoms with Gasteiger partial charge in [0.2, 0.25) is 5.82 Å². The molecule has 0 aromatic carbocycles. The molecular weight excluding hydrogens is 204 g/mol. The van der Waals surface area contributed by atoms with E-state index in [-0.39, 0.29) is 18.8 Å². The number of carbonyl (C=O) groups excluding carboxylic acids is 1. The van der Waals surface area contributed by atoms with Gasteiger partial charge >= 0.3 is 5.69 Å². The normalized spacial score (nSPS) is 9.87. The summed E-state index contributed by atoms with van der Waals surface area (Å²) in [6, 6.07) is 0. The van der Waals surface area contributed by atoms with Gasteiger partial charge in [-0.1, -0.05) is 0 Å². The van der Waals surface area contributed by atoms with Crippen molar-refractivity contribution in [2.75, 3.05) is 11.9 Å². The zero-order valence-electron chi connectivity index (χ0n) is 7.70. The number of aromatic amines is 2. The molecule has 15 heavy (non-hydrogen) atoms. The third-order valence-corrected chi connectivity index (χ3v) is 1.56. The summed E-state index contributed by atoms with van der Waals surface area (Å²) in [7, 11) is 0. The van der Waals surface area contributed by atoms with Crippen molar-refractivity contribution in [1.82, 2.24) is 15.2 Å². The smallest absolute Gasteiger partial charge is 0.342 e. The van der Waals surface area contributed by atoms with Crippen LogP contribution < -0.4 is 21.7 Å². The highest BCUT2D eigenvalue weighted by molar-refractivity contribution is 5.64. The van der Waals surface area contributed by atoms with Gasteiger partial charge in [-0.2, -0.15) is 0 Å². The van der Waals surface area contributed by atoms with Crippen LogP contribution in [-0.2, 0) is 4.79 Å². The van der Waals surface area contributed by atoms with E-state index in [1.54, 1.807) is 0 Å². The number of rotatable bonds is 5. The lowest BCUT2D eigenvalue weighted by Crippen LogP contribution is -2.27. The summed E-state index contributed by atoms with van der Waals surface area (Å²) in [5.74, 6) is -1.20. The molecule has 0 bridgehead atoms. The predicted molar refractivity (Wildman–Crippen MR) is 48.2 cm³/mol. The minimum absolute atomic E-state index is 0.0482. The number of aromatic nitrogens is 3. The van der Waals surface area contributed by atoms with E-state index >= 15 is 0 Å². The highest BCUT2D eigenvalue weighted by atomic mass is 16.4. The molecule has 0 amide bonds. The molecule has 8 heteroatoms. The maximum atomic E-state index is 11.0. The summed E-state index contributed by atoms with van der Waals surface area (Å²) in [4.78, 5) is 33.6. The first-order valence-electron chi connectivity index (χ1n) is 4.22. The molecule has 8 nitrogen and oxygen atoms in total. The third kappa shape index (κ3) is 3.63. The van der Waals surface area contributed by atoms with Gasteiger partial charge in [0.05, 0.1) is 0 Å². The van der Waals surface area contributed by atoms with Crippen LogP contribution in [0.3, 0.4) is 0 Å². The van der Waals surface area contributed by atoms with Crippen LogP contribution in [0.25, 0.3) is 0 Å². The van der Waals surface area contributed by atoms with E-state index in [0.717, 1.165) is 0 Å². The SMILES string of the molecule is O=C([O-])CCCNc1n[nH]c(=O)[nH]c1=O. The van der Waals surface area contributed by atoms with Crippen molar-refractivity contribution < 1.29 is 9.90 Å². The lowest BCUT2D eigenvalue weighted by atomic mass is 10.3. The summed E-state index contributed by atoms with van der Waals surface area (Å²) >= 11 is 0. The number of carbonyl (C=O) groups is 1. The summed E-state index contributed by atoms with van der Waals surface area (Å²) in [5, 5.41) is 18.1. The first kappa shape index (κ1) is 11.0. The Hall–Kier alpha value is -2.12. The number of hydrogen-bond donors (Lipinski definition) is 3. The van der Waals surface area contributed by atoms with Gasteiger partial charge in [-0.05, 0) is 12.8 Å². The van der Waals surface area contributed by atoms with Gasteiger partial charge in [-0.3, -0.25) is 9.78 Å². The third-order valence-electron chi connectivity index (χ3n) is 1.56. The molecular formula is C7H9N4O4-. The Balaban J connectivity index is 2.48. The van der Waals surface area contributed by atoms with Gasteiger partial charge < -0.3 is 15.2 Å². The van der Waals surface area contributed by atoms with Crippen LogP contribution in [0.15, 0.2) is 9.59 Å². The lowest BCUT2D eigenvalue weighted by molar-refractivity contribution is -0.305. The molecule has 82 valence electrons. The average molecular weight is 213 g/mol. The Labute approximate surface area is 83.3 Å². The Morgan fingerprint density at radius 2 is 2.20 bits per heavy atom. The van der Waals surface area contributed by atoms with E-state index < -0.39 is 17.2 Å². The second kappa shape index (κ2) is 4.94. The lowest BCUT2D eigenvalue weighted by Gasteiger charge is -2.03. The molecule has 0 atom stereocenters. The van der Waals surface area contributed by atoms with E-state index in [4.69, 9.17) is 0 Å². The quantitative estimate of drug-likeness (QED) is 0.459. The Bertz CT molecular complexity index is 449. The minimum Gasteiger partial charge on any atom is -0.550 e. The van der Waals surface area contributed by atoms with Gasteiger partial charge in [-0.25, -0.2) is 9.89 Å². The standard InChI is InChI=1S/C7H10N4O4/c12-4(13)2-1-3-8-5-6(14)9-7(15)11-10-5/h1-3H2,(H,8,10)(H,12,13)(H2,9,11,14,15)/p-1. The Morgan fingerprint density at radius 3 is 2.80 bits per heavy atom. The van der Waals surface area contributed by atoms with E-state index in [2.05, 4.69) is 10.4 Å². The first-order valence-corrected chi connectivity index (χ1v) is 4.22. The highest BCUT2D eigenvalue weighted by Gasteiger charge is 1.99. The molecule has 1 rings (SSSR count). The van der Waals surface area contributed by atoms with Crippen molar-refractivity contribution in [3.63, 3.8) is 0 Å². The van der Waals surface area contributed by atoms with Crippen molar-refractivity contribution in [1.29, 1.82) is 0 Å². The molecule has 0 aliphatic heterocycles. The summed E-state index contributed by atoms with van der Waals surface area (Å²) in [6.45, 7) is 0.260. The first-order chi connectivity index (χ1) is 7.09. The molecule has 0 radical (unpaired) electrons. The zero-order chi connectivity index (χ0) is 11.3. The molecule has 0 fully saturated rings. The molecule has 3 N–H and O–H groups in total. The minimum atomic E-state index is -1.15. The highest BCUT2D eigenvalue weighted by Crippen LogP contribution is 1.90. The summed E-state index contributed by atoms with van der Waals surface area (Å²) < 4.78 is 0. The molecule has 1 aromatic heterocycles. The van der Waals surface area contributed by atoms with E-state index in [1.165, 1.54) is 0 Å². The van der Waals surface area contributed by atoms with Crippen molar-refractivity contribution >= 4 is 11.8 Å². The van der Waals surface area contributed by atoms with E-state index in [9.17, 15) is 19.5 Å². The van der Waals surface area contributed by atoms with Crippen LogP contribution in [0.5, 0.6) is 0 Å². The van der Waals surface area contributed by atoms with Crippen LogP contribution in [0.2, 0.25) is 0 Å². The average Bonchev–Trinajstić information content (AvgIpc) is 2.14. The Morgan fingerprint density at radius 1 is 1.47 bits per heavy atom. The van der Waals surface area contributed by atoms with Gasteiger partial charge in [0, 0.05) is 12.5 Å². The molecule has 0 saturated heterocycles. The van der Waals surface area contributed by atoms with Crippen molar-refractivity contribution in [2.45, 2.75) is 12.8 Å². The molecule has 0 unspecified atom stereocenters. The fourth-order valence-electron chi connectivity index (χ4n) is 0.907. The zero-order valence-corrected chi connectivity index (χ0v) is 7.70. The van der Waals surface area contributed by atoms with E-state index in [0.29, 0.717) is 6.42 Å². The predicted octanol–water partition coefficient (Wildman–Crippen LogP) is -2.60. The molecule has 0 saturated carbocycles. The molecule has 1 aromatic rings. The number of aliphatic carboxylic acids is 1. The maximum absolute atomic E-state index is 11.0. The fraction of sp³-hybridized carbons (Fsp3) is 0.429. The molecule has 1 heterocycles. The number of nitrogens with zero attached hydrogens (tertiary/aromatic N) is 1. The van der Waals surface area contributed by atoms with E-state index in [1.807, 2.05) is 10.1 Å². The van der Waals surface area contributed by atoms with Crippen molar-refractivity contribution in [2.24, 2.45) is 0 Å². The van der Waals surface area contributed by atoms with Gasteiger partial charge in [0.15, 0.2) is 0 Å². The van der Waals surface area contributed by atoms with Crippen LogP contribution >= 0.6 is 0 Å². The maximum Gasteiger partial charge on any atom is 0.342 e. The second-order valence-electron chi connectivity index (χ2n) is 2.76. The molecule has 0 aliphatic carbocycles. The number of nitrogens with one attached hydrogen (secondary N) is 3. The molecule has 0 aliphatic rings. The summed E-state index contributed by atoms with van der Waals surface area (Å²) in [5.41, 5.74) is -1.34. The second-order valence-corrected chi connectivity index (χ2v) is 2.76. The van der Waals surface area contributed by atoms with Gasteiger partial charge in [0.1, 0.15) is 0 Å². The van der Waals surface area contributed by atoms with Crippen LogP contribution in [0.1, 0.15) is 12.8 Å². The number of H-pyrrole nitrogens is 2. The number of carboxylic acids is 1. The molecule has 0 spiro atoms. The summed E-state index contributed by atoms with van der Waals surface area (Å²) in [6.07, 6.45) is 0.205. The number of anilines is 1. The number of hydrogen-bond acceptors (Lipinski definition) is 6. The van der Waals surface area contributed by atoms with Gasteiger partial charge in [-0.15, -0.1) is 5.10 Å². The number of carboxylic acid groups (broad SMARTS) is 1. The topological polar surface area (TPSA) is 131 Å².